The molecule has 88 heavy (non-hydrogen) atoms. The first kappa shape index (κ1) is 86.5. The largest absolute Gasteiger partial charge is 0.378 e. The standard InChI is InChI=1S/C62H126N2O24/c1-2-3-4-5-6-7-8-9-10-11-12-13-62(65)64-15-17-67-19-21-69-23-25-71-27-29-73-31-33-75-35-37-77-39-41-79-43-45-81-47-49-83-51-53-85-55-57-87-59-61-88-60-58-86-56-54-84-52-50-82-48-46-80-44-42-78-40-38-76-36-34-74-32-30-72-28-26-70-24-22-68-20-18-66-16-14-63/h2-61,63H2,1H3,(H,64,65). The molecular weight excluding hydrogens is 1160 g/mol. The molecule has 0 aliphatic carbocycles. The highest BCUT2D eigenvalue weighted by Gasteiger charge is 2.03. The third-order valence-corrected chi connectivity index (χ3v) is 12.0. The predicted molar refractivity (Wildman–Crippen MR) is 332 cm³/mol. The number of rotatable bonds is 83. The van der Waals surface area contributed by atoms with Crippen LogP contribution >= 0.6 is 0 Å². The van der Waals surface area contributed by atoms with Crippen LogP contribution in [0.5, 0.6) is 0 Å². The third-order valence-electron chi connectivity index (χ3n) is 12.0. The van der Waals surface area contributed by atoms with Crippen LogP contribution in [-0.2, 0) is 114 Å². The molecule has 0 spiro atoms. The highest BCUT2D eigenvalue weighted by Crippen LogP contribution is 2.12. The molecule has 0 unspecified atom stereocenters. The van der Waals surface area contributed by atoms with Crippen LogP contribution in [0.2, 0.25) is 0 Å². The van der Waals surface area contributed by atoms with E-state index in [9.17, 15) is 4.79 Å². The van der Waals surface area contributed by atoms with Gasteiger partial charge in [0.15, 0.2) is 0 Å². The molecule has 26 nitrogen and oxygen atoms in total. The average Bonchev–Trinajstić information content (AvgIpc) is 3.53. The van der Waals surface area contributed by atoms with E-state index in [0.717, 1.165) is 12.8 Å². The van der Waals surface area contributed by atoms with E-state index >= 15 is 0 Å². The molecule has 0 atom stereocenters. The molecule has 0 bridgehead atoms. The van der Waals surface area contributed by atoms with Gasteiger partial charge in [0, 0.05) is 19.5 Å². The maximum atomic E-state index is 12.0. The first-order valence-corrected chi connectivity index (χ1v) is 33.1. The fraction of sp³-hybridized carbons (Fsp3) is 0.984. The Kier molecular flexibility index (Phi) is 82.1. The summed E-state index contributed by atoms with van der Waals surface area (Å²) >= 11 is 0. The number of ether oxygens (including phenoxy) is 23. The van der Waals surface area contributed by atoms with Crippen molar-refractivity contribution in [3.63, 3.8) is 0 Å². The SMILES string of the molecule is CCCCCCCCCCCCCC(=O)NCCOCCOCCOCCOCCOCCOCCOCCOCCOCCOCCOCCOCCOCCOCCOCCOCCOCCOCCOCCOCCOCCOCCOCCN. The van der Waals surface area contributed by atoms with Crippen LogP contribution in [0.3, 0.4) is 0 Å². The van der Waals surface area contributed by atoms with Crippen LogP contribution in [0.1, 0.15) is 84.0 Å². The van der Waals surface area contributed by atoms with Crippen LogP contribution in [0.15, 0.2) is 0 Å². The van der Waals surface area contributed by atoms with Crippen molar-refractivity contribution in [3.05, 3.63) is 0 Å². The van der Waals surface area contributed by atoms with E-state index in [1.54, 1.807) is 0 Å². The first-order valence-electron chi connectivity index (χ1n) is 33.1. The molecule has 0 rings (SSSR count). The molecule has 0 aromatic heterocycles. The van der Waals surface area contributed by atoms with Crippen molar-refractivity contribution in [2.45, 2.75) is 84.0 Å². The summed E-state index contributed by atoms with van der Waals surface area (Å²) in [5.74, 6) is 0.110. The van der Waals surface area contributed by atoms with E-state index in [1.807, 2.05) is 0 Å². The summed E-state index contributed by atoms with van der Waals surface area (Å²) in [4.78, 5) is 12.0. The minimum Gasteiger partial charge on any atom is -0.378 e. The summed E-state index contributed by atoms with van der Waals surface area (Å²) in [5.41, 5.74) is 5.35. The number of unbranched alkanes of at least 4 members (excludes halogenated alkanes) is 10. The zero-order chi connectivity index (χ0) is 63.0. The van der Waals surface area contributed by atoms with Crippen molar-refractivity contribution < 1.29 is 114 Å². The monoisotopic (exact) mass is 1280 g/mol. The molecule has 0 heterocycles. The van der Waals surface area contributed by atoms with Crippen LogP contribution in [0.4, 0.5) is 0 Å². The Balaban J connectivity index is 3.11. The Bertz CT molecular complexity index is 1250. The molecule has 0 fully saturated rings. The minimum atomic E-state index is 0.110. The molecular formula is C62H126N2O24. The fourth-order valence-electron chi connectivity index (χ4n) is 7.32. The predicted octanol–water partition coefficient (Wildman–Crippen LogP) is 4.14. The second-order valence-corrected chi connectivity index (χ2v) is 19.5. The number of amides is 1. The van der Waals surface area contributed by atoms with Gasteiger partial charge in [-0.2, -0.15) is 0 Å². The van der Waals surface area contributed by atoms with Crippen molar-refractivity contribution >= 4 is 5.91 Å². The number of carbonyl (C=O) groups excluding carboxylic acids is 1. The molecule has 0 aliphatic rings. The summed E-state index contributed by atoms with van der Waals surface area (Å²) in [6.45, 7) is 26.0. The van der Waals surface area contributed by atoms with Gasteiger partial charge in [-0.25, -0.2) is 0 Å². The van der Waals surface area contributed by atoms with E-state index in [-0.39, 0.29) is 5.91 Å². The van der Waals surface area contributed by atoms with Crippen LogP contribution < -0.4 is 11.1 Å². The van der Waals surface area contributed by atoms with Crippen molar-refractivity contribution in [3.8, 4) is 0 Å². The number of hydrogen-bond acceptors (Lipinski definition) is 25. The van der Waals surface area contributed by atoms with Crippen molar-refractivity contribution in [1.29, 1.82) is 0 Å². The highest BCUT2D eigenvalue weighted by atomic mass is 16.6. The number of nitrogens with two attached hydrogens (primary N) is 1. The fourth-order valence-corrected chi connectivity index (χ4v) is 7.32. The molecule has 0 saturated carbocycles. The Morgan fingerprint density at radius 3 is 0.534 bits per heavy atom. The summed E-state index contributed by atoms with van der Waals surface area (Å²) in [6.07, 6.45) is 14.7. The second-order valence-electron chi connectivity index (χ2n) is 19.5. The van der Waals surface area contributed by atoms with Gasteiger partial charge in [0.05, 0.1) is 304 Å². The maximum absolute atomic E-state index is 12.0. The Morgan fingerprint density at radius 2 is 0.364 bits per heavy atom. The minimum absolute atomic E-state index is 0.110. The van der Waals surface area contributed by atoms with Crippen LogP contribution in [0.25, 0.3) is 0 Å². The van der Waals surface area contributed by atoms with E-state index in [2.05, 4.69) is 12.2 Å². The van der Waals surface area contributed by atoms with E-state index in [1.165, 1.54) is 57.8 Å². The Hall–Kier alpha value is -1.49. The lowest BCUT2D eigenvalue weighted by atomic mass is 10.1. The molecule has 0 aromatic carbocycles. The van der Waals surface area contributed by atoms with Crippen molar-refractivity contribution in [1.82, 2.24) is 5.32 Å². The molecule has 1 amide bonds. The Labute approximate surface area is 530 Å². The van der Waals surface area contributed by atoms with Gasteiger partial charge in [-0.1, -0.05) is 71.1 Å². The number of carbonyl (C=O) groups is 1. The van der Waals surface area contributed by atoms with Crippen LogP contribution in [0, 0.1) is 0 Å². The highest BCUT2D eigenvalue weighted by molar-refractivity contribution is 5.75. The summed E-state index contributed by atoms with van der Waals surface area (Å²) < 4.78 is 127. The molecule has 26 heteroatoms. The second kappa shape index (κ2) is 83.5. The molecule has 0 aliphatic heterocycles. The van der Waals surface area contributed by atoms with E-state index in [4.69, 9.17) is 115 Å². The van der Waals surface area contributed by atoms with Gasteiger partial charge < -0.3 is 120 Å². The number of nitrogens with one attached hydrogen (secondary N) is 1. The lowest BCUT2D eigenvalue weighted by molar-refractivity contribution is -0.121. The summed E-state index contributed by atoms with van der Waals surface area (Å²) in [6, 6.07) is 0. The average molecular weight is 1280 g/mol. The normalized spacial score (nSPS) is 11.7. The molecule has 0 saturated heterocycles. The number of hydrogen-bond donors (Lipinski definition) is 2. The van der Waals surface area contributed by atoms with Gasteiger partial charge in [0.2, 0.25) is 5.91 Å². The zero-order valence-corrected chi connectivity index (χ0v) is 54.8. The van der Waals surface area contributed by atoms with Crippen LogP contribution in [-0.4, -0.2) is 323 Å². The van der Waals surface area contributed by atoms with E-state index < -0.39 is 0 Å². The van der Waals surface area contributed by atoms with E-state index in [0.29, 0.717) is 323 Å². The summed E-state index contributed by atoms with van der Waals surface area (Å²) in [7, 11) is 0. The lowest BCUT2D eigenvalue weighted by Gasteiger charge is -2.09. The smallest absolute Gasteiger partial charge is 0.220 e. The van der Waals surface area contributed by atoms with Gasteiger partial charge in [-0.05, 0) is 6.42 Å². The lowest BCUT2D eigenvalue weighted by Crippen LogP contribution is -2.27. The van der Waals surface area contributed by atoms with Gasteiger partial charge in [0.25, 0.3) is 0 Å². The van der Waals surface area contributed by atoms with Gasteiger partial charge >= 0.3 is 0 Å². The maximum Gasteiger partial charge on any atom is 0.220 e. The van der Waals surface area contributed by atoms with Crippen molar-refractivity contribution in [2.75, 3.05) is 317 Å². The third kappa shape index (κ3) is 82.5. The zero-order valence-electron chi connectivity index (χ0n) is 54.8. The topological polar surface area (TPSA) is 267 Å². The molecule has 0 radical (unpaired) electrons. The van der Waals surface area contributed by atoms with Crippen molar-refractivity contribution in [2.24, 2.45) is 5.73 Å². The molecule has 3 N–H and O–H groups in total. The van der Waals surface area contributed by atoms with Gasteiger partial charge in [-0.3, -0.25) is 4.79 Å². The first-order chi connectivity index (χ1) is 43.8. The molecule has 528 valence electrons. The summed E-state index contributed by atoms with van der Waals surface area (Å²) in [5, 5.41) is 2.93. The van der Waals surface area contributed by atoms with Gasteiger partial charge in [0.1, 0.15) is 0 Å². The quantitative estimate of drug-likeness (QED) is 0.0810. The van der Waals surface area contributed by atoms with Gasteiger partial charge in [-0.15, -0.1) is 0 Å². The molecule has 0 aromatic rings. The Morgan fingerprint density at radius 1 is 0.216 bits per heavy atom.